The number of fused-ring (bicyclic) bond motifs is 3. The molecule has 0 radical (unpaired) electrons. The molecule has 2 unspecified atom stereocenters. The molecule has 0 spiro atoms. The molecule has 2 aromatic carbocycles. The first-order valence-electron chi connectivity index (χ1n) is 8.24. The third kappa shape index (κ3) is 2.03. The highest BCUT2D eigenvalue weighted by Gasteiger charge is 2.39. The number of carbonyl (C=O) groups excluding carboxylic acids is 1. The van der Waals surface area contributed by atoms with Crippen LogP contribution in [0.25, 0.3) is 5.57 Å². The monoisotopic (exact) mass is 354 g/mol. The Kier molecular flexibility index (Phi) is 3.57. The highest BCUT2D eigenvalue weighted by Crippen LogP contribution is 2.52. The van der Waals surface area contributed by atoms with Crippen molar-refractivity contribution in [1.29, 1.82) is 0 Å². The van der Waals surface area contributed by atoms with E-state index in [-0.39, 0.29) is 46.6 Å². The summed E-state index contributed by atoms with van der Waals surface area (Å²) in [7, 11) is 1.47. The second-order valence-electron chi connectivity index (χ2n) is 6.64. The molecule has 2 atom stereocenters. The third-order valence-corrected chi connectivity index (χ3v) is 5.18. The quantitative estimate of drug-likeness (QED) is 0.498. The van der Waals surface area contributed by atoms with Gasteiger partial charge in [-0.2, -0.15) is 0 Å². The molecule has 4 rings (SSSR count). The topological polar surface area (TPSA) is 107 Å². The Hall–Kier alpha value is -2.83. The van der Waals surface area contributed by atoms with Crippen LogP contribution in [-0.4, -0.2) is 39.4 Å². The van der Waals surface area contributed by atoms with Crippen LogP contribution in [0.5, 0.6) is 17.2 Å². The van der Waals surface area contributed by atoms with Crippen LogP contribution in [0.15, 0.2) is 24.8 Å². The molecule has 0 aromatic heterocycles. The predicted octanol–water partition coefficient (Wildman–Crippen LogP) is 2.05. The molecule has 0 saturated heterocycles. The molecular formula is C20H18O6. The van der Waals surface area contributed by atoms with E-state index in [0.29, 0.717) is 22.4 Å². The van der Waals surface area contributed by atoms with E-state index < -0.39 is 18.0 Å². The molecule has 2 aliphatic rings. The molecule has 4 N–H and O–H groups in total. The fourth-order valence-electron chi connectivity index (χ4n) is 4.03. The number of benzene rings is 2. The standard InChI is InChI=1S/C20H18O6/c1-8-14-10(4-3-5-13(14)26-2)18(23)17-15(8)20(25)16-11(19(17)24)6-9(21)7-12(16)22/h3-5,9,12,21-22,24-25H,1,6-7H2,2H3. The van der Waals surface area contributed by atoms with E-state index in [4.69, 9.17) is 4.74 Å². The molecule has 6 heteroatoms. The van der Waals surface area contributed by atoms with Crippen molar-refractivity contribution < 1.29 is 30.0 Å². The Bertz CT molecular complexity index is 975. The first kappa shape index (κ1) is 16.6. The number of rotatable bonds is 1. The summed E-state index contributed by atoms with van der Waals surface area (Å²) >= 11 is 0. The molecule has 2 aromatic rings. The van der Waals surface area contributed by atoms with Crippen molar-refractivity contribution in [2.75, 3.05) is 7.11 Å². The summed E-state index contributed by atoms with van der Waals surface area (Å²) in [4.78, 5) is 13.1. The summed E-state index contributed by atoms with van der Waals surface area (Å²) in [5, 5.41) is 41.8. The van der Waals surface area contributed by atoms with Gasteiger partial charge in [0.1, 0.15) is 17.2 Å². The minimum absolute atomic E-state index is 0.0408. The second-order valence-corrected chi connectivity index (χ2v) is 6.64. The average Bonchev–Trinajstić information content (AvgIpc) is 2.61. The van der Waals surface area contributed by atoms with Crippen LogP contribution in [0.1, 0.15) is 50.7 Å². The molecular weight excluding hydrogens is 336 g/mol. The maximum atomic E-state index is 13.1. The lowest BCUT2D eigenvalue weighted by Crippen LogP contribution is -2.25. The molecule has 26 heavy (non-hydrogen) atoms. The number of hydrogen-bond donors (Lipinski definition) is 4. The molecule has 134 valence electrons. The number of hydrogen-bond acceptors (Lipinski definition) is 6. The fourth-order valence-corrected chi connectivity index (χ4v) is 4.03. The van der Waals surface area contributed by atoms with Crippen LogP contribution in [0.3, 0.4) is 0 Å². The van der Waals surface area contributed by atoms with Crippen LogP contribution in [0.4, 0.5) is 0 Å². The van der Waals surface area contributed by atoms with Gasteiger partial charge >= 0.3 is 0 Å². The van der Waals surface area contributed by atoms with Gasteiger partial charge in [-0.15, -0.1) is 0 Å². The van der Waals surface area contributed by atoms with E-state index in [0.717, 1.165) is 0 Å². The number of methoxy groups -OCH3 is 1. The normalized spacial score (nSPS) is 21.0. The summed E-state index contributed by atoms with van der Waals surface area (Å²) in [5.74, 6) is -0.655. The zero-order chi connectivity index (χ0) is 18.7. The van der Waals surface area contributed by atoms with Gasteiger partial charge in [-0.05, 0) is 11.6 Å². The Labute approximate surface area is 149 Å². The smallest absolute Gasteiger partial charge is 0.198 e. The SMILES string of the molecule is C=C1c2c(OC)cccc2C(=O)c2c(O)c3c(c(O)c21)C(O)CC(O)C3. The summed E-state index contributed by atoms with van der Waals surface area (Å²) in [6.45, 7) is 4.00. The highest BCUT2D eigenvalue weighted by molar-refractivity contribution is 6.21. The van der Waals surface area contributed by atoms with Gasteiger partial charge in [-0.1, -0.05) is 18.7 Å². The largest absolute Gasteiger partial charge is 0.507 e. The average molecular weight is 354 g/mol. The number of carbonyl (C=O) groups is 1. The van der Waals surface area contributed by atoms with Crippen LogP contribution in [-0.2, 0) is 6.42 Å². The van der Waals surface area contributed by atoms with Crippen LogP contribution in [0, 0.1) is 0 Å². The first-order chi connectivity index (χ1) is 12.4. The minimum Gasteiger partial charge on any atom is -0.507 e. The second kappa shape index (κ2) is 5.59. The molecule has 0 aliphatic heterocycles. The molecule has 2 aliphatic carbocycles. The van der Waals surface area contributed by atoms with Gasteiger partial charge in [-0.3, -0.25) is 4.79 Å². The molecule has 0 bridgehead atoms. The summed E-state index contributed by atoms with van der Waals surface area (Å²) in [6.07, 6.45) is -1.93. The van der Waals surface area contributed by atoms with E-state index in [9.17, 15) is 25.2 Å². The lowest BCUT2D eigenvalue weighted by molar-refractivity contribution is 0.0654. The van der Waals surface area contributed by atoms with Gasteiger partial charge in [-0.25, -0.2) is 0 Å². The van der Waals surface area contributed by atoms with Gasteiger partial charge in [0, 0.05) is 40.7 Å². The third-order valence-electron chi connectivity index (χ3n) is 5.18. The molecule has 0 heterocycles. The van der Waals surface area contributed by atoms with Gasteiger partial charge in [0.05, 0.1) is 24.9 Å². The van der Waals surface area contributed by atoms with Crippen molar-refractivity contribution in [2.24, 2.45) is 0 Å². The number of aromatic hydroxyl groups is 2. The summed E-state index contributed by atoms with van der Waals surface area (Å²) in [5.41, 5.74) is 1.47. The molecule has 0 amide bonds. The van der Waals surface area contributed by atoms with E-state index in [1.807, 2.05) is 0 Å². The lowest BCUT2D eigenvalue weighted by atomic mass is 9.75. The first-order valence-corrected chi connectivity index (χ1v) is 8.24. The zero-order valence-electron chi connectivity index (χ0n) is 14.1. The van der Waals surface area contributed by atoms with E-state index in [2.05, 4.69) is 6.58 Å². The minimum atomic E-state index is -1.15. The van der Waals surface area contributed by atoms with Crippen molar-refractivity contribution in [1.82, 2.24) is 0 Å². The van der Waals surface area contributed by atoms with Crippen LogP contribution in [0.2, 0.25) is 0 Å². The number of ketones is 1. The summed E-state index contributed by atoms with van der Waals surface area (Å²) in [6, 6.07) is 4.95. The molecule has 6 nitrogen and oxygen atoms in total. The van der Waals surface area contributed by atoms with Crippen molar-refractivity contribution >= 4 is 11.4 Å². The van der Waals surface area contributed by atoms with Crippen molar-refractivity contribution in [3.05, 3.63) is 58.2 Å². The van der Waals surface area contributed by atoms with Crippen molar-refractivity contribution in [3.63, 3.8) is 0 Å². The van der Waals surface area contributed by atoms with Gasteiger partial charge in [0.15, 0.2) is 5.78 Å². The number of ether oxygens (including phenoxy) is 1. The number of phenols is 2. The Morgan fingerprint density at radius 3 is 2.54 bits per heavy atom. The van der Waals surface area contributed by atoms with Crippen molar-refractivity contribution in [3.8, 4) is 17.2 Å². The summed E-state index contributed by atoms with van der Waals surface area (Å²) < 4.78 is 5.32. The number of phenolic OH excluding ortho intramolecular Hbond substituents is 2. The predicted molar refractivity (Wildman–Crippen MR) is 93.6 cm³/mol. The van der Waals surface area contributed by atoms with Gasteiger partial charge < -0.3 is 25.2 Å². The Balaban J connectivity index is 2.07. The van der Waals surface area contributed by atoms with E-state index >= 15 is 0 Å². The zero-order valence-corrected chi connectivity index (χ0v) is 14.1. The van der Waals surface area contributed by atoms with Crippen LogP contribution < -0.4 is 4.74 Å². The Morgan fingerprint density at radius 2 is 1.85 bits per heavy atom. The van der Waals surface area contributed by atoms with Gasteiger partial charge in [0.25, 0.3) is 0 Å². The molecule has 0 saturated carbocycles. The maximum absolute atomic E-state index is 13.1. The highest BCUT2D eigenvalue weighted by atomic mass is 16.5. The molecule has 0 fully saturated rings. The number of aliphatic hydroxyl groups excluding tert-OH is 2. The Morgan fingerprint density at radius 1 is 1.12 bits per heavy atom. The number of aliphatic hydroxyl groups is 2. The maximum Gasteiger partial charge on any atom is 0.198 e. The van der Waals surface area contributed by atoms with Crippen LogP contribution >= 0.6 is 0 Å². The van der Waals surface area contributed by atoms with E-state index in [1.165, 1.54) is 7.11 Å². The lowest BCUT2D eigenvalue weighted by Gasteiger charge is -2.32. The van der Waals surface area contributed by atoms with E-state index in [1.54, 1.807) is 18.2 Å². The van der Waals surface area contributed by atoms with Gasteiger partial charge in [0.2, 0.25) is 0 Å². The fraction of sp³-hybridized carbons (Fsp3) is 0.250. The van der Waals surface area contributed by atoms with Crippen molar-refractivity contribution in [2.45, 2.75) is 25.0 Å².